The summed E-state index contributed by atoms with van der Waals surface area (Å²) in [6, 6.07) is -1.25. The van der Waals surface area contributed by atoms with Crippen LogP contribution in [0.25, 0.3) is 0 Å². The van der Waals surface area contributed by atoms with Crippen molar-refractivity contribution in [2.75, 3.05) is 18.8 Å². The Balaban J connectivity index is 4.76. The topological polar surface area (TPSA) is 104 Å². The SMILES string of the molecule is CCN(CC)C(=O)C(C)S(=O)CC(NC(C)=O)C(=O)O. The lowest BCUT2D eigenvalue weighted by Crippen LogP contribution is -2.47. The van der Waals surface area contributed by atoms with Crippen LogP contribution in [0.2, 0.25) is 0 Å². The summed E-state index contributed by atoms with van der Waals surface area (Å²) in [4.78, 5) is 35.4. The van der Waals surface area contributed by atoms with Crippen LogP contribution >= 0.6 is 0 Å². The van der Waals surface area contributed by atoms with E-state index in [9.17, 15) is 18.6 Å². The molecule has 0 aliphatic heterocycles. The van der Waals surface area contributed by atoms with Gasteiger partial charge in [-0.1, -0.05) is 0 Å². The van der Waals surface area contributed by atoms with Crippen LogP contribution in [0.1, 0.15) is 27.7 Å². The Hall–Kier alpha value is -1.44. The number of amides is 2. The summed E-state index contributed by atoms with van der Waals surface area (Å²) in [5.41, 5.74) is 0. The maximum Gasteiger partial charge on any atom is 0.327 e. The van der Waals surface area contributed by atoms with Crippen LogP contribution in [0.4, 0.5) is 0 Å². The van der Waals surface area contributed by atoms with Gasteiger partial charge in [0.05, 0.1) is 5.75 Å². The van der Waals surface area contributed by atoms with E-state index in [1.807, 2.05) is 13.8 Å². The Morgan fingerprint density at radius 3 is 2.10 bits per heavy atom. The number of hydrogen-bond acceptors (Lipinski definition) is 4. The van der Waals surface area contributed by atoms with Crippen LogP contribution in [-0.4, -0.2) is 62.1 Å². The van der Waals surface area contributed by atoms with Crippen LogP contribution < -0.4 is 5.32 Å². The maximum atomic E-state index is 12.1. The Labute approximate surface area is 121 Å². The lowest BCUT2D eigenvalue weighted by Gasteiger charge is -2.23. The molecule has 20 heavy (non-hydrogen) atoms. The van der Waals surface area contributed by atoms with Gasteiger partial charge in [-0.05, 0) is 20.8 Å². The van der Waals surface area contributed by atoms with Gasteiger partial charge in [0, 0.05) is 30.8 Å². The minimum absolute atomic E-state index is 0.278. The van der Waals surface area contributed by atoms with Crippen molar-refractivity contribution in [1.29, 1.82) is 0 Å². The van der Waals surface area contributed by atoms with Gasteiger partial charge in [-0.2, -0.15) is 0 Å². The fourth-order valence-electron chi connectivity index (χ4n) is 1.63. The first-order valence-corrected chi connectivity index (χ1v) is 7.78. The van der Waals surface area contributed by atoms with E-state index >= 15 is 0 Å². The smallest absolute Gasteiger partial charge is 0.327 e. The first kappa shape index (κ1) is 18.6. The normalized spacial score (nSPS) is 15.0. The zero-order chi connectivity index (χ0) is 15.9. The van der Waals surface area contributed by atoms with Crippen LogP contribution in [-0.2, 0) is 25.2 Å². The molecule has 0 fully saturated rings. The van der Waals surface area contributed by atoms with Crippen LogP contribution in [0.15, 0.2) is 0 Å². The maximum absolute atomic E-state index is 12.1. The molecule has 0 saturated heterocycles. The lowest BCUT2D eigenvalue weighted by atomic mass is 10.3. The number of rotatable bonds is 8. The van der Waals surface area contributed by atoms with E-state index in [1.165, 1.54) is 18.7 Å². The molecule has 0 spiro atoms. The first-order valence-electron chi connectivity index (χ1n) is 6.40. The van der Waals surface area contributed by atoms with E-state index in [2.05, 4.69) is 5.32 Å². The molecule has 0 aromatic rings. The number of carboxylic acid groups (broad SMARTS) is 1. The number of carbonyl (C=O) groups excluding carboxylic acids is 2. The van der Waals surface area contributed by atoms with Gasteiger partial charge in [0.2, 0.25) is 11.8 Å². The number of hydrogen-bond donors (Lipinski definition) is 2. The molecule has 2 N–H and O–H groups in total. The summed E-state index contributed by atoms with van der Waals surface area (Å²) < 4.78 is 12.1. The number of nitrogens with zero attached hydrogens (tertiary/aromatic N) is 1. The van der Waals surface area contributed by atoms with Crippen molar-refractivity contribution >= 4 is 28.6 Å². The third-order valence-corrected chi connectivity index (χ3v) is 4.48. The lowest BCUT2D eigenvalue weighted by molar-refractivity contribution is -0.140. The van der Waals surface area contributed by atoms with Gasteiger partial charge in [-0.25, -0.2) is 4.79 Å². The number of nitrogens with one attached hydrogen (secondary N) is 1. The van der Waals surface area contributed by atoms with Crippen LogP contribution in [0.5, 0.6) is 0 Å². The van der Waals surface area contributed by atoms with Gasteiger partial charge >= 0.3 is 5.97 Å². The molecule has 0 aliphatic carbocycles. The Kier molecular flexibility index (Phi) is 8.05. The summed E-state index contributed by atoms with van der Waals surface area (Å²) >= 11 is 0. The molecule has 0 radical (unpaired) electrons. The second-order valence-corrected chi connectivity index (χ2v) is 6.09. The first-order chi connectivity index (χ1) is 9.24. The summed E-state index contributed by atoms with van der Waals surface area (Å²) in [5, 5.41) is 10.4. The predicted molar refractivity (Wildman–Crippen MR) is 75.6 cm³/mol. The average Bonchev–Trinajstić information content (AvgIpc) is 2.37. The van der Waals surface area contributed by atoms with Crippen molar-refractivity contribution < 1.29 is 23.7 Å². The molecule has 0 heterocycles. The van der Waals surface area contributed by atoms with E-state index < -0.39 is 34.0 Å². The summed E-state index contributed by atoms with van der Waals surface area (Å²) in [6.45, 7) is 7.32. The molecule has 0 aliphatic rings. The van der Waals surface area contributed by atoms with Crippen molar-refractivity contribution in [2.24, 2.45) is 0 Å². The largest absolute Gasteiger partial charge is 0.480 e. The molecule has 0 rings (SSSR count). The highest BCUT2D eigenvalue weighted by atomic mass is 32.2. The van der Waals surface area contributed by atoms with Crippen molar-refractivity contribution in [3.05, 3.63) is 0 Å². The fraction of sp³-hybridized carbons (Fsp3) is 0.750. The van der Waals surface area contributed by atoms with E-state index in [0.717, 1.165) is 0 Å². The highest BCUT2D eigenvalue weighted by Gasteiger charge is 2.28. The van der Waals surface area contributed by atoms with E-state index in [0.29, 0.717) is 13.1 Å². The minimum atomic E-state index is -1.67. The average molecular weight is 306 g/mol. The van der Waals surface area contributed by atoms with Crippen LogP contribution in [0.3, 0.4) is 0 Å². The van der Waals surface area contributed by atoms with Crippen molar-refractivity contribution in [2.45, 2.75) is 39.0 Å². The van der Waals surface area contributed by atoms with E-state index in [4.69, 9.17) is 5.11 Å². The molecule has 3 unspecified atom stereocenters. The summed E-state index contributed by atoms with van der Waals surface area (Å²) in [7, 11) is -1.67. The molecule has 0 saturated carbocycles. The van der Waals surface area contributed by atoms with Crippen molar-refractivity contribution in [3.8, 4) is 0 Å². The third-order valence-electron chi connectivity index (χ3n) is 2.82. The van der Waals surface area contributed by atoms with E-state index in [1.54, 1.807) is 0 Å². The number of carbonyl (C=O) groups is 3. The summed E-state index contributed by atoms with van der Waals surface area (Å²) in [6.07, 6.45) is 0. The molecular weight excluding hydrogens is 284 g/mol. The molecular formula is C12H22N2O5S. The highest BCUT2D eigenvalue weighted by Crippen LogP contribution is 2.05. The number of carboxylic acids is 1. The Morgan fingerprint density at radius 2 is 1.75 bits per heavy atom. The second-order valence-electron chi connectivity index (χ2n) is 4.29. The second kappa shape index (κ2) is 8.68. The number of aliphatic carboxylic acids is 1. The Bertz CT molecular complexity index is 395. The Morgan fingerprint density at radius 1 is 1.25 bits per heavy atom. The molecule has 0 bridgehead atoms. The quantitative estimate of drug-likeness (QED) is 0.634. The zero-order valence-corrected chi connectivity index (χ0v) is 13.0. The molecule has 3 atom stereocenters. The van der Waals surface area contributed by atoms with Crippen molar-refractivity contribution in [3.63, 3.8) is 0 Å². The molecule has 2 amide bonds. The van der Waals surface area contributed by atoms with Gasteiger partial charge in [-0.3, -0.25) is 13.8 Å². The monoisotopic (exact) mass is 306 g/mol. The molecule has 0 aromatic carbocycles. The van der Waals surface area contributed by atoms with Gasteiger partial charge in [-0.15, -0.1) is 0 Å². The molecule has 8 heteroatoms. The highest BCUT2D eigenvalue weighted by molar-refractivity contribution is 7.86. The fourth-order valence-corrected chi connectivity index (χ4v) is 2.85. The standard InChI is InChI=1S/C12H22N2O5S/c1-5-14(6-2)11(16)8(3)20(19)7-10(12(17)18)13-9(4)15/h8,10H,5-7H2,1-4H3,(H,13,15)(H,17,18). The molecule has 7 nitrogen and oxygen atoms in total. The minimum Gasteiger partial charge on any atom is -0.480 e. The molecule has 116 valence electrons. The third kappa shape index (κ3) is 5.68. The van der Waals surface area contributed by atoms with Gasteiger partial charge in [0.15, 0.2) is 0 Å². The zero-order valence-electron chi connectivity index (χ0n) is 12.2. The van der Waals surface area contributed by atoms with Gasteiger partial charge in [0.25, 0.3) is 0 Å². The molecule has 0 aromatic heterocycles. The van der Waals surface area contributed by atoms with Gasteiger partial charge in [0.1, 0.15) is 11.3 Å². The van der Waals surface area contributed by atoms with Crippen LogP contribution in [0, 0.1) is 0 Å². The van der Waals surface area contributed by atoms with Gasteiger partial charge < -0.3 is 15.3 Å². The summed E-state index contributed by atoms with van der Waals surface area (Å²) in [5.74, 6) is -2.35. The van der Waals surface area contributed by atoms with E-state index in [-0.39, 0.29) is 11.7 Å². The predicted octanol–water partition coefficient (Wildman–Crippen LogP) is -0.419. The van der Waals surface area contributed by atoms with Crippen molar-refractivity contribution in [1.82, 2.24) is 10.2 Å².